The van der Waals surface area contributed by atoms with E-state index in [1.165, 1.54) is 0 Å². The maximum absolute atomic E-state index is 13.2. The van der Waals surface area contributed by atoms with Gasteiger partial charge in [0, 0.05) is 64.1 Å². The number of ether oxygens (including phenoxy) is 1. The van der Waals surface area contributed by atoms with Gasteiger partial charge in [0.1, 0.15) is 5.75 Å². The number of phenols is 1. The van der Waals surface area contributed by atoms with Crippen LogP contribution in [0.15, 0.2) is 84.9 Å². The van der Waals surface area contributed by atoms with E-state index < -0.39 is 71.5 Å². The molecule has 0 amide bonds. The van der Waals surface area contributed by atoms with Crippen LogP contribution in [0.2, 0.25) is 0 Å². The normalized spacial score (nSPS) is 14.7. The Kier molecular flexibility index (Phi) is 22.0. The van der Waals surface area contributed by atoms with E-state index in [-0.39, 0.29) is 34.9 Å². The van der Waals surface area contributed by atoms with Crippen molar-refractivity contribution in [3.05, 3.63) is 102 Å². The van der Waals surface area contributed by atoms with Crippen LogP contribution < -0.4 is 0 Å². The van der Waals surface area contributed by atoms with Crippen molar-refractivity contribution in [1.82, 2.24) is 0 Å². The maximum atomic E-state index is 13.2. The van der Waals surface area contributed by atoms with Crippen LogP contribution in [0.4, 0.5) is 43.9 Å². The van der Waals surface area contributed by atoms with Gasteiger partial charge in [0.05, 0.1) is 6.10 Å². The molecule has 342 valence electrons. The van der Waals surface area contributed by atoms with Crippen LogP contribution >= 0.6 is 0 Å². The number of hydrogen-bond acceptors (Lipinski definition) is 4. The number of aromatic hydroxyl groups is 1. The van der Waals surface area contributed by atoms with Gasteiger partial charge in [-0.25, -0.2) is 0 Å². The van der Waals surface area contributed by atoms with Gasteiger partial charge in [-0.2, -0.15) is 43.9 Å². The fourth-order valence-electron chi connectivity index (χ4n) is 6.76. The molecule has 3 unspecified atom stereocenters. The van der Waals surface area contributed by atoms with Gasteiger partial charge in [-0.3, -0.25) is 8.42 Å². The highest BCUT2D eigenvalue weighted by atomic mass is 32.2. The van der Waals surface area contributed by atoms with Crippen LogP contribution in [-0.2, 0) is 26.3 Å². The van der Waals surface area contributed by atoms with E-state index in [1.54, 1.807) is 12.1 Å². The summed E-state index contributed by atoms with van der Waals surface area (Å²) in [6, 6.07) is 26.8. The Balaban J connectivity index is 1.62. The predicted octanol–water partition coefficient (Wildman–Crippen LogP) is 13.5. The van der Waals surface area contributed by atoms with E-state index in [1.807, 2.05) is 72.8 Å². The van der Waals surface area contributed by atoms with Crippen molar-refractivity contribution in [1.29, 1.82) is 0 Å². The van der Waals surface area contributed by atoms with E-state index in [0.717, 1.165) is 59.9 Å². The van der Waals surface area contributed by atoms with Crippen molar-refractivity contribution in [3.8, 4) is 5.75 Å². The number of alkyl halides is 10. The van der Waals surface area contributed by atoms with Gasteiger partial charge in [0.25, 0.3) is 0 Å². The Hall–Kier alpha value is -3.24. The first-order valence-electron chi connectivity index (χ1n) is 20.6. The molecule has 0 aliphatic heterocycles. The zero-order valence-corrected chi connectivity index (χ0v) is 35.7. The molecule has 3 aromatic rings. The molecule has 0 saturated carbocycles. The lowest BCUT2D eigenvalue weighted by Gasteiger charge is -2.24. The van der Waals surface area contributed by atoms with Crippen molar-refractivity contribution >= 4 is 32.7 Å². The molecule has 0 heterocycles. The van der Waals surface area contributed by atoms with Crippen LogP contribution in [0, 0.1) is 0 Å². The molecule has 0 fully saturated rings. The van der Waals surface area contributed by atoms with Crippen molar-refractivity contribution in [3.63, 3.8) is 0 Å². The zero-order valence-electron chi connectivity index (χ0n) is 34.1. The van der Waals surface area contributed by atoms with Gasteiger partial charge in [-0.15, -0.1) is 0 Å². The first-order valence-corrected chi connectivity index (χ1v) is 23.6. The van der Waals surface area contributed by atoms with Crippen LogP contribution in [0.5, 0.6) is 5.75 Å². The molecule has 3 atom stereocenters. The summed E-state index contributed by atoms with van der Waals surface area (Å²) >= 11 is 0. The highest BCUT2D eigenvalue weighted by Gasteiger charge is 2.57. The molecule has 0 radical (unpaired) electrons. The van der Waals surface area contributed by atoms with Gasteiger partial charge >= 0.3 is 24.2 Å². The number of hydrogen-bond donors (Lipinski definition) is 1. The number of phenolic OH excluding ortho intramolecular Hbond substituents is 1. The quantitative estimate of drug-likeness (QED) is 0.0428. The summed E-state index contributed by atoms with van der Waals surface area (Å²) in [7, 11) is -3.00. The number of benzene rings is 3. The molecule has 0 spiro atoms. The molecular formula is C45H56F10O4S2. The largest absolute Gasteiger partial charge is 0.508 e. The molecule has 1 N–H and O–H groups in total. The third kappa shape index (κ3) is 19.0. The van der Waals surface area contributed by atoms with Gasteiger partial charge in [0.15, 0.2) is 0 Å². The van der Waals surface area contributed by atoms with E-state index in [4.69, 9.17) is 4.74 Å². The Morgan fingerprint density at radius 2 is 0.918 bits per heavy atom. The molecule has 16 heteroatoms. The number of unbranched alkanes of at least 4 members (excludes halogenated alkanes) is 7. The smallest absolute Gasteiger partial charge is 0.453 e. The average Bonchev–Trinajstić information content (AvgIpc) is 3.20. The Labute approximate surface area is 357 Å². The molecular weight excluding hydrogens is 859 g/mol. The lowest BCUT2D eigenvalue weighted by atomic mass is 9.86. The summed E-state index contributed by atoms with van der Waals surface area (Å²) in [6.45, 7) is 0.377. The first-order chi connectivity index (χ1) is 28.8. The first kappa shape index (κ1) is 52.1. The molecule has 3 aromatic carbocycles. The second-order valence-electron chi connectivity index (χ2n) is 15.1. The van der Waals surface area contributed by atoms with Crippen LogP contribution in [0.25, 0.3) is 11.1 Å². The zero-order chi connectivity index (χ0) is 44.9. The van der Waals surface area contributed by atoms with Gasteiger partial charge in [-0.1, -0.05) is 111 Å². The van der Waals surface area contributed by atoms with E-state index >= 15 is 0 Å². The van der Waals surface area contributed by atoms with Crippen molar-refractivity contribution in [2.24, 2.45) is 0 Å². The molecule has 0 aliphatic carbocycles. The molecule has 0 aliphatic rings. The van der Waals surface area contributed by atoms with Crippen LogP contribution in [0.3, 0.4) is 0 Å². The summed E-state index contributed by atoms with van der Waals surface area (Å²) in [4.78, 5) is 0. The minimum Gasteiger partial charge on any atom is -0.508 e. The van der Waals surface area contributed by atoms with Crippen LogP contribution in [0.1, 0.15) is 113 Å². The predicted molar refractivity (Wildman–Crippen MR) is 224 cm³/mol. The van der Waals surface area contributed by atoms with E-state index in [2.05, 4.69) is 0 Å². The van der Waals surface area contributed by atoms with Crippen molar-refractivity contribution in [2.45, 2.75) is 127 Å². The summed E-state index contributed by atoms with van der Waals surface area (Å²) in [5.74, 6) is -9.48. The molecule has 61 heavy (non-hydrogen) atoms. The molecule has 3 rings (SSSR count). The molecule has 0 aromatic heterocycles. The van der Waals surface area contributed by atoms with Crippen LogP contribution in [-0.4, -0.2) is 73.4 Å². The number of halogens is 10. The average molecular weight is 915 g/mol. The van der Waals surface area contributed by atoms with Crippen molar-refractivity contribution < 1.29 is 62.2 Å². The SMILES string of the molecule is O=S(CCCCCCCCC(CC(=C(c1ccccc1)c1ccc(O)cc1)c1ccccc1)OCCCCCS(=O)CCCC(F)(F)C(F)(F)F)CCCC(F)(F)C(F)(F)F. The van der Waals surface area contributed by atoms with Gasteiger partial charge < -0.3 is 9.84 Å². The van der Waals surface area contributed by atoms with Gasteiger partial charge in [-0.05, 0) is 84.9 Å². The van der Waals surface area contributed by atoms with E-state index in [0.29, 0.717) is 45.1 Å². The Bertz CT molecular complexity index is 1770. The fraction of sp³-hybridized carbons (Fsp3) is 0.556. The summed E-state index contributed by atoms with van der Waals surface area (Å²) in [6.07, 6.45) is -7.60. The fourth-order valence-corrected chi connectivity index (χ4v) is 9.15. The number of rotatable bonds is 29. The standard InChI is InChI=1S/C45H56F10O4S2/c46-42(47,44(50,51)52)27-16-32-60(57)30-14-4-2-1-3-12-22-39(59-29-13-7-15-31-61(58)33-17-28-43(48,49)45(53,54)55)34-40(35-18-8-5-9-19-35)41(36-20-10-6-11-21-36)37-23-25-38(56)26-24-37/h5-6,8-11,18-21,23-26,39,56H,1-4,7,12-17,22,27-34H2. The molecule has 0 saturated heterocycles. The lowest BCUT2D eigenvalue weighted by molar-refractivity contribution is -0.284. The summed E-state index contributed by atoms with van der Waals surface area (Å²) < 4.78 is 158. The highest BCUT2D eigenvalue weighted by Crippen LogP contribution is 2.40. The topological polar surface area (TPSA) is 63.6 Å². The Morgan fingerprint density at radius 1 is 0.508 bits per heavy atom. The second kappa shape index (κ2) is 25.8. The maximum Gasteiger partial charge on any atom is 0.453 e. The third-order valence-electron chi connectivity index (χ3n) is 10.1. The van der Waals surface area contributed by atoms with Gasteiger partial charge in [0.2, 0.25) is 0 Å². The van der Waals surface area contributed by atoms with E-state index in [9.17, 15) is 57.4 Å². The summed E-state index contributed by atoms with van der Waals surface area (Å²) in [5.41, 5.74) is 4.87. The second-order valence-corrected chi connectivity index (χ2v) is 18.5. The summed E-state index contributed by atoms with van der Waals surface area (Å²) in [5, 5.41) is 10.1. The minimum absolute atomic E-state index is 0.130. The minimum atomic E-state index is -5.63. The molecule has 0 bridgehead atoms. The third-order valence-corrected chi connectivity index (χ3v) is 13.1. The lowest BCUT2D eigenvalue weighted by Crippen LogP contribution is -2.36. The monoisotopic (exact) mass is 914 g/mol. The molecule has 4 nitrogen and oxygen atoms in total. The highest BCUT2D eigenvalue weighted by molar-refractivity contribution is 7.85. The Morgan fingerprint density at radius 3 is 1.41 bits per heavy atom. The van der Waals surface area contributed by atoms with Crippen molar-refractivity contribution in [2.75, 3.05) is 29.6 Å².